The minimum Gasteiger partial charge on any atom is -0.497 e. The zero-order valence-electron chi connectivity index (χ0n) is 15.0. The molecule has 0 spiro atoms. The predicted molar refractivity (Wildman–Crippen MR) is 95.4 cm³/mol. The zero-order valence-corrected chi connectivity index (χ0v) is 15.0. The molecule has 1 atom stereocenters. The van der Waals surface area contributed by atoms with Crippen LogP contribution in [0.2, 0.25) is 0 Å². The van der Waals surface area contributed by atoms with Crippen LogP contribution in [0.4, 0.5) is 4.79 Å². The summed E-state index contributed by atoms with van der Waals surface area (Å²) in [6.45, 7) is 3.02. The number of nitrogens with one attached hydrogen (secondary N) is 2. The van der Waals surface area contributed by atoms with Crippen molar-refractivity contribution in [2.45, 2.75) is 44.7 Å². The smallest absolute Gasteiger partial charge is 0.315 e. The summed E-state index contributed by atoms with van der Waals surface area (Å²) < 4.78 is 5.20. The second kappa shape index (κ2) is 7.76. The fourth-order valence-corrected chi connectivity index (χ4v) is 3.42. The van der Waals surface area contributed by atoms with Gasteiger partial charge in [0.25, 0.3) is 0 Å². The molecule has 1 aromatic carbocycles. The van der Waals surface area contributed by atoms with Crippen LogP contribution >= 0.6 is 0 Å². The number of likely N-dealkylation sites (tertiary alicyclic amines) is 1. The molecule has 136 valence electrons. The Morgan fingerprint density at radius 3 is 2.28 bits per heavy atom. The average molecular weight is 345 g/mol. The molecule has 0 bridgehead atoms. The Morgan fingerprint density at radius 2 is 1.76 bits per heavy atom. The van der Waals surface area contributed by atoms with Crippen molar-refractivity contribution in [1.82, 2.24) is 15.5 Å². The van der Waals surface area contributed by atoms with Crippen molar-refractivity contribution in [3.63, 3.8) is 0 Å². The molecule has 2 aliphatic rings. The Hall–Kier alpha value is -2.24. The lowest BCUT2D eigenvalue weighted by Crippen LogP contribution is -2.49. The second-order valence-corrected chi connectivity index (χ2v) is 6.99. The number of nitrogens with zero attached hydrogens (tertiary/aromatic N) is 1. The van der Waals surface area contributed by atoms with Crippen molar-refractivity contribution in [3.05, 3.63) is 29.8 Å². The molecule has 2 N–H and O–H groups in total. The molecule has 1 heterocycles. The van der Waals surface area contributed by atoms with Gasteiger partial charge in [0.05, 0.1) is 13.2 Å². The fraction of sp³-hybridized carbons (Fsp3) is 0.579. The Kier molecular flexibility index (Phi) is 5.46. The van der Waals surface area contributed by atoms with Crippen molar-refractivity contribution in [1.29, 1.82) is 0 Å². The third-order valence-electron chi connectivity index (χ3n) is 5.13. The third kappa shape index (κ3) is 4.65. The molecule has 1 aliphatic carbocycles. The van der Waals surface area contributed by atoms with Crippen LogP contribution < -0.4 is 15.4 Å². The topological polar surface area (TPSA) is 70.7 Å². The van der Waals surface area contributed by atoms with Gasteiger partial charge in [0, 0.05) is 26.1 Å². The maximum atomic E-state index is 12.4. The summed E-state index contributed by atoms with van der Waals surface area (Å²) in [5.74, 6) is 1.44. The fourth-order valence-electron chi connectivity index (χ4n) is 3.42. The summed E-state index contributed by atoms with van der Waals surface area (Å²) in [6, 6.07) is 7.97. The third-order valence-corrected chi connectivity index (χ3v) is 5.13. The molecule has 0 aromatic heterocycles. The first-order valence-corrected chi connectivity index (χ1v) is 9.03. The maximum absolute atomic E-state index is 12.4. The van der Waals surface area contributed by atoms with Crippen molar-refractivity contribution in [2.75, 3.05) is 20.2 Å². The van der Waals surface area contributed by atoms with Crippen LogP contribution in [0.25, 0.3) is 0 Å². The molecule has 2 fully saturated rings. The number of rotatable bonds is 5. The van der Waals surface area contributed by atoms with E-state index in [4.69, 9.17) is 4.74 Å². The van der Waals surface area contributed by atoms with Gasteiger partial charge in [-0.2, -0.15) is 0 Å². The Morgan fingerprint density at radius 1 is 1.12 bits per heavy atom. The highest BCUT2D eigenvalue weighted by molar-refractivity contribution is 5.75. The second-order valence-electron chi connectivity index (χ2n) is 6.99. The summed E-state index contributed by atoms with van der Waals surface area (Å²) in [6.07, 6.45) is 3.91. The normalized spacial score (nSPS) is 19.2. The number of benzene rings is 1. The van der Waals surface area contributed by atoms with E-state index in [0.29, 0.717) is 19.0 Å². The number of amides is 3. The number of hydrogen-bond acceptors (Lipinski definition) is 3. The largest absolute Gasteiger partial charge is 0.497 e. The van der Waals surface area contributed by atoms with Gasteiger partial charge >= 0.3 is 6.03 Å². The van der Waals surface area contributed by atoms with Crippen LogP contribution in [0.3, 0.4) is 0 Å². The van der Waals surface area contributed by atoms with E-state index in [-0.39, 0.29) is 24.0 Å². The Balaban J connectivity index is 1.54. The minimum atomic E-state index is -0.117. The van der Waals surface area contributed by atoms with E-state index in [1.807, 2.05) is 29.2 Å². The standard InChI is InChI=1S/C19H27N3O3/c1-13(23)22-11-9-16(10-12-22)20-19(24)21-18(14-3-4-14)15-5-7-17(25-2)8-6-15/h5-8,14,16,18H,3-4,9-12H2,1-2H3,(H2,20,21,24). The number of carbonyl (C=O) groups excluding carboxylic acids is 2. The van der Waals surface area contributed by atoms with E-state index < -0.39 is 0 Å². The highest BCUT2D eigenvalue weighted by atomic mass is 16.5. The molecule has 1 unspecified atom stereocenters. The quantitative estimate of drug-likeness (QED) is 0.861. The molecule has 1 saturated carbocycles. The minimum absolute atomic E-state index is 0.0446. The lowest BCUT2D eigenvalue weighted by molar-refractivity contribution is -0.129. The maximum Gasteiger partial charge on any atom is 0.315 e. The molecule has 1 saturated heterocycles. The van der Waals surface area contributed by atoms with Crippen molar-refractivity contribution in [2.24, 2.45) is 5.92 Å². The highest BCUT2D eigenvalue weighted by Crippen LogP contribution is 2.41. The van der Waals surface area contributed by atoms with Gasteiger partial charge in [-0.25, -0.2) is 4.79 Å². The van der Waals surface area contributed by atoms with Gasteiger partial charge in [-0.15, -0.1) is 0 Å². The summed E-state index contributed by atoms with van der Waals surface area (Å²) in [4.78, 5) is 25.6. The molecule has 3 rings (SSSR count). The number of hydrogen-bond donors (Lipinski definition) is 2. The Bertz CT molecular complexity index is 605. The van der Waals surface area contributed by atoms with Gasteiger partial charge in [0.1, 0.15) is 5.75 Å². The average Bonchev–Trinajstić information content (AvgIpc) is 3.45. The number of ether oxygens (including phenoxy) is 1. The monoisotopic (exact) mass is 345 g/mol. The van der Waals surface area contributed by atoms with Crippen LogP contribution in [0.15, 0.2) is 24.3 Å². The number of carbonyl (C=O) groups is 2. The van der Waals surface area contributed by atoms with Crippen LogP contribution in [0.1, 0.15) is 44.2 Å². The number of methoxy groups -OCH3 is 1. The highest BCUT2D eigenvalue weighted by Gasteiger charge is 2.34. The van der Waals surface area contributed by atoms with Gasteiger partial charge < -0.3 is 20.3 Å². The van der Waals surface area contributed by atoms with E-state index in [1.54, 1.807) is 14.0 Å². The molecule has 25 heavy (non-hydrogen) atoms. The SMILES string of the molecule is COc1ccc(C(NC(=O)NC2CCN(C(C)=O)CC2)C2CC2)cc1. The van der Waals surface area contributed by atoms with Crippen molar-refractivity contribution >= 4 is 11.9 Å². The van der Waals surface area contributed by atoms with E-state index >= 15 is 0 Å². The first kappa shape index (κ1) is 17.6. The summed E-state index contributed by atoms with van der Waals surface area (Å²) in [7, 11) is 1.65. The molecular weight excluding hydrogens is 318 g/mol. The molecule has 6 heteroatoms. The van der Waals surface area contributed by atoms with Gasteiger partial charge in [0.2, 0.25) is 5.91 Å². The zero-order chi connectivity index (χ0) is 17.8. The van der Waals surface area contributed by atoms with Crippen LogP contribution in [-0.4, -0.2) is 43.1 Å². The number of urea groups is 1. The molecule has 1 aromatic rings. The van der Waals surface area contributed by atoms with Crippen LogP contribution in [0.5, 0.6) is 5.75 Å². The molecular formula is C19H27N3O3. The Labute approximate surface area is 148 Å². The van der Waals surface area contributed by atoms with Crippen LogP contribution in [-0.2, 0) is 4.79 Å². The summed E-state index contributed by atoms with van der Waals surface area (Å²) in [5, 5.41) is 6.21. The molecule has 1 aliphatic heterocycles. The van der Waals surface area contributed by atoms with Gasteiger partial charge in [-0.05, 0) is 49.3 Å². The lowest BCUT2D eigenvalue weighted by atomic mass is 10.0. The van der Waals surface area contributed by atoms with Crippen molar-refractivity contribution < 1.29 is 14.3 Å². The van der Waals surface area contributed by atoms with Gasteiger partial charge in [-0.1, -0.05) is 12.1 Å². The molecule has 0 radical (unpaired) electrons. The first-order chi connectivity index (χ1) is 12.1. The van der Waals surface area contributed by atoms with Gasteiger partial charge in [-0.3, -0.25) is 4.79 Å². The predicted octanol–water partition coefficient (Wildman–Crippen LogP) is 2.46. The first-order valence-electron chi connectivity index (χ1n) is 9.03. The summed E-state index contributed by atoms with van der Waals surface area (Å²) >= 11 is 0. The molecule has 6 nitrogen and oxygen atoms in total. The van der Waals surface area contributed by atoms with Crippen LogP contribution in [0, 0.1) is 5.92 Å². The van der Waals surface area contributed by atoms with Crippen molar-refractivity contribution in [3.8, 4) is 5.75 Å². The number of piperidine rings is 1. The van der Waals surface area contributed by atoms with E-state index in [2.05, 4.69) is 10.6 Å². The van der Waals surface area contributed by atoms with E-state index in [1.165, 1.54) is 0 Å². The van der Waals surface area contributed by atoms with Gasteiger partial charge in [0.15, 0.2) is 0 Å². The van der Waals surface area contributed by atoms with E-state index in [0.717, 1.165) is 37.0 Å². The summed E-state index contributed by atoms with van der Waals surface area (Å²) in [5.41, 5.74) is 1.12. The van der Waals surface area contributed by atoms with E-state index in [9.17, 15) is 9.59 Å². The molecule has 3 amide bonds. The lowest BCUT2D eigenvalue weighted by Gasteiger charge is -2.32.